The van der Waals surface area contributed by atoms with Crippen molar-refractivity contribution in [2.75, 3.05) is 13.2 Å². The van der Waals surface area contributed by atoms with Crippen molar-refractivity contribution < 1.29 is 24.2 Å². The molecule has 1 aliphatic carbocycles. The number of amides is 3. The van der Waals surface area contributed by atoms with E-state index in [1.807, 2.05) is 31.2 Å². The summed E-state index contributed by atoms with van der Waals surface area (Å²) in [6, 6.07) is 5.35. The summed E-state index contributed by atoms with van der Waals surface area (Å²) in [4.78, 5) is 41.1. The third-order valence-electron chi connectivity index (χ3n) is 5.86. The number of alkyl carbamates (subject to hydrolysis) is 1. The molecule has 1 aliphatic rings. The van der Waals surface area contributed by atoms with Gasteiger partial charge < -0.3 is 25.4 Å². The van der Waals surface area contributed by atoms with Gasteiger partial charge in [0.05, 0.1) is 6.61 Å². The Morgan fingerprint density at radius 3 is 2.44 bits per heavy atom. The summed E-state index contributed by atoms with van der Waals surface area (Å²) >= 11 is 0. The van der Waals surface area contributed by atoms with Crippen LogP contribution in [0, 0.1) is 6.92 Å². The lowest BCUT2D eigenvalue weighted by Gasteiger charge is -2.43. The number of nitrogens with one attached hydrogen (secondary N) is 2. The van der Waals surface area contributed by atoms with Gasteiger partial charge in [0.2, 0.25) is 11.8 Å². The number of aliphatic hydroxyl groups is 1. The van der Waals surface area contributed by atoms with Crippen molar-refractivity contribution in [1.29, 1.82) is 0 Å². The molecule has 0 aliphatic heterocycles. The van der Waals surface area contributed by atoms with Gasteiger partial charge in [-0.25, -0.2) is 4.79 Å². The fraction of sp³-hybridized carbons (Fsp3) is 0.654. The molecule has 2 atom stereocenters. The van der Waals surface area contributed by atoms with Gasteiger partial charge in [-0.2, -0.15) is 0 Å². The van der Waals surface area contributed by atoms with Crippen LogP contribution in [0.2, 0.25) is 0 Å². The summed E-state index contributed by atoms with van der Waals surface area (Å²) in [5.41, 5.74) is 0.943. The normalized spacial score (nSPS) is 15.6. The summed E-state index contributed by atoms with van der Waals surface area (Å²) in [5, 5.41) is 15.5. The van der Waals surface area contributed by atoms with Crippen molar-refractivity contribution in [3.05, 3.63) is 35.4 Å². The van der Waals surface area contributed by atoms with Crippen LogP contribution in [-0.4, -0.2) is 58.8 Å². The fourth-order valence-corrected chi connectivity index (χ4v) is 3.96. The molecule has 0 bridgehead atoms. The first-order chi connectivity index (χ1) is 16.1. The van der Waals surface area contributed by atoms with Gasteiger partial charge in [-0.1, -0.05) is 49.6 Å². The Kier molecular flexibility index (Phi) is 10.4. The molecule has 34 heavy (non-hydrogen) atoms. The van der Waals surface area contributed by atoms with Gasteiger partial charge in [0.15, 0.2) is 0 Å². The molecule has 0 radical (unpaired) electrons. The SMILES string of the molecule is CCCCCNC(=O)C(c1cccc(C)c1)N(C(=O)C(CO)NC(=O)OC(C)(C)C)C1CCC1. The number of nitrogens with zero attached hydrogens (tertiary/aromatic N) is 1. The molecule has 1 aromatic rings. The smallest absolute Gasteiger partial charge is 0.408 e. The van der Waals surface area contributed by atoms with Gasteiger partial charge in [-0.3, -0.25) is 9.59 Å². The first-order valence-corrected chi connectivity index (χ1v) is 12.3. The summed E-state index contributed by atoms with van der Waals surface area (Å²) in [5.74, 6) is -0.746. The number of hydrogen-bond acceptors (Lipinski definition) is 5. The van der Waals surface area contributed by atoms with Crippen LogP contribution in [0.5, 0.6) is 0 Å². The van der Waals surface area contributed by atoms with Crippen molar-refractivity contribution in [2.45, 2.75) is 96.9 Å². The lowest BCUT2D eigenvalue weighted by Crippen LogP contribution is -2.58. The van der Waals surface area contributed by atoms with Crippen LogP contribution in [0.3, 0.4) is 0 Å². The molecule has 1 saturated carbocycles. The van der Waals surface area contributed by atoms with E-state index in [4.69, 9.17) is 4.74 Å². The van der Waals surface area contributed by atoms with E-state index >= 15 is 0 Å². The Labute approximate surface area is 203 Å². The lowest BCUT2D eigenvalue weighted by atomic mass is 9.88. The number of unbranched alkanes of at least 4 members (excludes halogenated alkanes) is 2. The highest BCUT2D eigenvalue weighted by molar-refractivity contribution is 5.92. The highest BCUT2D eigenvalue weighted by Crippen LogP contribution is 2.34. The van der Waals surface area contributed by atoms with E-state index in [9.17, 15) is 19.5 Å². The minimum Gasteiger partial charge on any atom is -0.444 e. The Bertz CT molecular complexity index is 832. The first kappa shape index (κ1) is 27.6. The van der Waals surface area contributed by atoms with Gasteiger partial charge in [0.1, 0.15) is 17.7 Å². The topological polar surface area (TPSA) is 108 Å². The standard InChI is InChI=1S/C26H41N3O5/c1-6-7-8-15-27-23(31)22(19-12-9-11-18(2)16-19)29(20-13-10-14-20)24(32)21(17-30)28-25(33)34-26(3,4)5/h9,11-12,16,20-22,30H,6-8,10,13-15,17H2,1-5H3,(H,27,31)(H,28,33). The summed E-state index contributed by atoms with van der Waals surface area (Å²) in [7, 11) is 0. The van der Waals surface area contributed by atoms with Crippen LogP contribution in [0.1, 0.15) is 83.4 Å². The zero-order chi connectivity index (χ0) is 25.3. The quantitative estimate of drug-likeness (QED) is 0.424. The van der Waals surface area contributed by atoms with E-state index in [1.165, 1.54) is 0 Å². The van der Waals surface area contributed by atoms with Gasteiger partial charge in [-0.05, 0) is 58.9 Å². The van der Waals surface area contributed by atoms with Gasteiger partial charge in [-0.15, -0.1) is 0 Å². The second kappa shape index (κ2) is 12.7. The number of aliphatic hydroxyl groups excluding tert-OH is 1. The molecule has 0 saturated heterocycles. The number of carbonyl (C=O) groups is 3. The Balaban J connectivity index is 2.35. The number of benzene rings is 1. The van der Waals surface area contributed by atoms with Crippen molar-refractivity contribution in [3.8, 4) is 0 Å². The van der Waals surface area contributed by atoms with E-state index in [0.29, 0.717) is 12.1 Å². The van der Waals surface area contributed by atoms with Crippen molar-refractivity contribution in [2.24, 2.45) is 0 Å². The molecule has 1 aromatic carbocycles. The predicted molar refractivity (Wildman–Crippen MR) is 131 cm³/mol. The molecule has 190 valence electrons. The summed E-state index contributed by atoms with van der Waals surface area (Å²) in [6.07, 6.45) is 4.61. The second-order valence-electron chi connectivity index (χ2n) is 10.0. The number of ether oxygens (including phenoxy) is 1. The highest BCUT2D eigenvalue weighted by Gasteiger charge is 2.41. The maximum Gasteiger partial charge on any atom is 0.408 e. The first-order valence-electron chi connectivity index (χ1n) is 12.3. The number of hydrogen-bond donors (Lipinski definition) is 3. The maximum absolute atomic E-state index is 13.7. The van der Waals surface area contributed by atoms with Crippen LogP contribution in [0.25, 0.3) is 0 Å². The molecule has 0 heterocycles. The minimum atomic E-state index is -1.21. The van der Waals surface area contributed by atoms with E-state index < -0.39 is 36.3 Å². The van der Waals surface area contributed by atoms with Crippen LogP contribution < -0.4 is 10.6 Å². The van der Waals surface area contributed by atoms with E-state index in [0.717, 1.165) is 44.1 Å². The van der Waals surface area contributed by atoms with Crippen molar-refractivity contribution >= 4 is 17.9 Å². The molecule has 8 nitrogen and oxygen atoms in total. The Hall–Kier alpha value is -2.61. The third-order valence-corrected chi connectivity index (χ3v) is 5.86. The largest absolute Gasteiger partial charge is 0.444 e. The molecular formula is C26H41N3O5. The molecule has 2 rings (SSSR count). The third kappa shape index (κ3) is 8.01. The fourth-order valence-electron chi connectivity index (χ4n) is 3.96. The van der Waals surface area contributed by atoms with Crippen LogP contribution in [0.15, 0.2) is 24.3 Å². The van der Waals surface area contributed by atoms with Gasteiger partial charge >= 0.3 is 6.09 Å². The molecular weight excluding hydrogens is 434 g/mol. The van der Waals surface area contributed by atoms with Crippen LogP contribution >= 0.6 is 0 Å². The van der Waals surface area contributed by atoms with E-state index in [1.54, 1.807) is 25.7 Å². The Morgan fingerprint density at radius 2 is 1.91 bits per heavy atom. The molecule has 0 aromatic heterocycles. The van der Waals surface area contributed by atoms with Gasteiger partial charge in [0, 0.05) is 12.6 Å². The summed E-state index contributed by atoms with van der Waals surface area (Å²) in [6.45, 7) is 9.14. The number of rotatable bonds is 11. The van der Waals surface area contributed by atoms with Crippen LogP contribution in [0.4, 0.5) is 4.79 Å². The average molecular weight is 476 g/mol. The maximum atomic E-state index is 13.7. The lowest BCUT2D eigenvalue weighted by molar-refractivity contribution is -0.148. The minimum absolute atomic E-state index is 0.145. The summed E-state index contributed by atoms with van der Waals surface area (Å²) < 4.78 is 5.27. The molecule has 2 unspecified atom stereocenters. The average Bonchev–Trinajstić information content (AvgIpc) is 2.71. The zero-order valence-corrected chi connectivity index (χ0v) is 21.2. The molecule has 8 heteroatoms. The van der Waals surface area contributed by atoms with Gasteiger partial charge in [0.25, 0.3) is 0 Å². The number of carbonyl (C=O) groups excluding carboxylic acids is 3. The predicted octanol–water partition coefficient (Wildman–Crippen LogP) is 3.61. The Morgan fingerprint density at radius 1 is 1.21 bits per heavy atom. The molecule has 0 spiro atoms. The van der Waals surface area contributed by atoms with Crippen LogP contribution in [-0.2, 0) is 14.3 Å². The van der Waals surface area contributed by atoms with E-state index in [-0.39, 0.29) is 11.9 Å². The zero-order valence-electron chi connectivity index (χ0n) is 21.2. The van der Waals surface area contributed by atoms with Crippen molar-refractivity contribution in [3.63, 3.8) is 0 Å². The molecule has 3 amide bonds. The number of aryl methyl sites for hydroxylation is 1. The monoisotopic (exact) mass is 475 g/mol. The highest BCUT2D eigenvalue weighted by atomic mass is 16.6. The van der Waals surface area contributed by atoms with E-state index in [2.05, 4.69) is 17.6 Å². The van der Waals surface area contributed by atoms with Crippen molar-refractivity contribution in [1.82, 2.24) is 15.5 Å². The molecule has 1 fully saturated rings. The second-order valence-corrected chi connectivity index (χ2v) is 10.0. The molecule has 3 N–H and O–H groups in total.